The molecule has 2 fully saturated rings. The van der Waals surface area contributed by atoms with Crippen molar-refractivity contribution in [1.29, 1.82) is 0 Å². The fraction of sp³-hybridized carbons (Fsp3) is 0.465. The second-order valence-corrected chi connectivity index (χ2v) is 16.6. The molecule has 1 spiro atoms. The van der Waals surface area contributed by atoms with Gasteiger partial charge in [-0.2, -0.15) is 0 Å². The molecule has 7 aliphatic heterocycles. The molecule has 302 valence electrons. The number of phenols is 1. The van der Waals surface area contributed by atoms with Crippen LogP contribution in [0, 0.1) is 13.8 Å². The molecule has 0 aliphatic carbocycles. The number of aromatic hydroxyl groups is 1. The third kappa shape index (κ3) is 5.47. The number of phenolic OH excluding ortho intramolecular Hbond substituents is 1. The molecule has 10 rings (SSSR count). The van der Waals surface area contributed by atoms with Crippen LogP contribution in [0.15, 0.2) is 43.5 Å². The number of ether oxygens (including phenoxy) is 7. The maximum absolute atomic E-state index is 14.9. The van der Waals surface area contributed by atoms with E-state index in [1.165, 1.54) is 0 Å². The lowest BCUT2D eigenvalue weighted by molar-refractivity contribution is -0.186. The largest absolute Gasteiger partial charge is 0.507 e. The van der Waals surface area contributed by atoms with E-state index < -0.39 is 35.1 Å². The number of carbonyl (C=O) groups excluding carboxylic acids is 1. The highest BCUT2D eigenvalue weighted by Gasteiger charge is 2.61. The molecule has 1 unspecified atom stereocenters. The van der Waals surface area contributed by atoms with Crippen LogP contribution in [-0.4, -0.2) is 104 Å². The zero-order valence-electron chi connectivity index (χ0n) is 32.9. The summed E-state index contributed by atoms with van der Waals surface area (Å²) in [6.45, 7) is 12.5. The molecule has 7 atom stereocenters. The molecule has 0 aromatic heterocycles. The van der Waals surface area contributed by atoms with E-state index >= 15 is 0 Å². The molecular weight excluding hydrogens is 751 g/mol. The van der Waals surface area contributed by atoms with E-state index in [2.05, 4.69) is 34.3 Å². The van der Waals surface area contributed by atoms with E-state index in [1.807, 2.05) is 33.0 Å². The molecule has 3 aromatic carbocycles. The predicted molar refractivity (Wildman–Crippen MR) is 213 cm³/mol. The van der Waals surface area contributed by atoms with Crippen molar-refractivity contribution in [2.75, 3.05) is 60.2 Å². The number of thioether (sulfide) groups is 1. The van der Waals surface area contributed by atoms with E-state index in [0.29, 0.717) is 77.2 Å². The van der Waals surface area contributed by atoms with Crippen molar-refractivity contribution in [2.45, 2.75) is 67.9 Å². The van der Waals surface area contributed by atoms with Crippen molar-refractivity contribution < 1.29 is 48.2 Å². The Bertz CT molecular complexity index is 2180. The Balaban J connectivity index is 1.27. The fourth-order valence-corrected chi connectivity index (χ4v) is 11.9. The van der Waals surface area contributed by atoms with Crippen LogP contribution in [0.2, 0.25) is 0 Å². The fourth-order valence-electron chi connectivity index (χ4n) is 10.2. The average Bonchev–Trinajstić information content (AvgIpc) is 3.71. The zero-order chi connectivity index (χ0) is 39.9. The van der Waals surface area contributed by atoms with Gasteiger partial charge in [0.15, 0.2) is 40.0 Å². The van der Waals surface area contributed by atoms with Gasteiger partial charge in [0.1, 0.15) is 31.8 Å². The van der Waals surface area contributed by atoms with Crippen LogP contribution < -0.4 is 33.7 Å². The number of rotatable bonds is 8. The number of nitrogens with zero attached hydrogens (tertiary/aromatic N) is 2. The first-order chi connectivity index (χ1) is 27.6. The maximum Gasteiger partial charge on any atom is 0.331 e. The summed E-state index contributed by atoms with van der Waals surface area (Å²) < 4.78 is 43.0. The van der Waals surface area contributed by atoms with E-state index in [1.54, 1.807) is 38.1 Å². The zero-order valence-corrected chi connectivity index (χ0v) is 33.7. The average molecular weight is 800 g/mol. The number of aryl methyl sites for hydroxylation is 1. The number of methoxy groups -OCH3 is 2. The molecular formula is C43H49N3O10S. The molecule has 3 aromatic rings. The van der Waals surface area contributed by atoms with Gasteiger partial charge in [-0.3, -0.25) is 15.1 Å². The number of piperazine rings is 1. The van der Waals surface area contributed by atoms with Crippen molar-refractivity contribution in [1.82, 2.24) is 15.1 Å². The standard InChI is InChI=1S/C43H49N3O10S/c1-8-12-52-29-16-23-10-11-44-43(25(23)17-28(29)50-6)19-57-40-32-31(39-37(55-20-56-39)22(4)35(32)47)27(18-54-42(43)49)46-34(40)33-30-24(15-26(41(46)48)45(33)5)14-21(3)36(51-7)38(30)53-13-9-2/h8-9,14,16-17,26-27,33-34,40-41,44,47-48H,1-2,10-13,15,18-20H2,3-7H3/t26-,27-,33-,34?,40+,41-,43+/m0/s1. The smallest absolute Gasteiger partial charge is 0.331 e. The Hall–Kier alpha value is -4.60. The molecule has 0 radical (unpaired) electrons. The molecule has 14 heteroatoms. The Morgan fingerprint density at radius 1 is 0.982 bits per heavy atom. The number of hydrogen-bond acceptors (Lipinski definition) is 14. The minimum Gasteiger partial charge on any atom is -0.507 e. The van der Waals surface area contributed by atoms with Crippen LogP contribution in [0.3, 0.4) is 0 Å². The van der Waals surface area contributed by atoms with E-state index in [-0.39, 0.29) is 43.6 Å². The summed E-state index contributed by atoms with van der Waals surface area (Å²) in [5.74, 6) is 3.17. The number of aliphatic hydroxyl groups is 1. The second-order valence-electron chi connectivity index (χ2n) is 15.5. The number of fused-ring (bicyclic) bond motifs is 9. The summed E-state index contributed by atoms with van der Waals surface area (Å²) in [6.07, 6.45) is 3.61. The van der Waals surface area contributed by atoms with Gasteiger partial charge in [-0.1, -0.05) is 31.4 Å². The molecule has 7 heterocycles. The first-order valence-electron chi connectivity index (χ1n) is 19.3. The topological polar surface area (TPSA) is 141 Å². The molecule has 57 heavy (non-hydrogen) atoms. The number of carbonyl (C=O) groups is 1. The van der Waals surface area contributed by atoms with Crippen LogP contribution in [0.1, 0.15) is 61.8 Å². The van der Waals surface area contributed by atoms with Gasteiger partial charge in [0.2, 0.25) is 6.79 Å². The number of esters is 1. The van der Waals surface area contributed by atoms with Crippen LogP contribution in [-0.2, 0) is 27.9 Å². The quantitative estimate of drug-likeness (QED) is 0.210. The van der Waals surface area contributed by atoms with Gasteiger partial charge >= 0.3 is 5.97 Å². The third-order valence-corrected chi connectivity index (χ3v) is 14.2. The SMILES string of the molecule is C=CCOc1cc2c(cc1OC)[C@@]1(CS[C@@H]3c4c(O)c(C)c5c(c4[C@H](COC1=O)N1C3[C@@H]3c4c(cc(C)c(OC)c4OCC=C)C[C@@H]([C@@H]1O)N3C)OCO5)NCC2. The lowest BCUT2D eigenvalue weighted by Gasteiger charge is -2.62. The molecule has 2 saturated heterocycles. The van der Waals surface area contributed by atoms with E-state index in [0.717, 1.165) is 27.8 Å². The predicted octanol–water partition coefficient (Wildman–Crippen LogP) is 4.91. The summed E-state index contributed by atoms with van der Waals surface area (Å²) >= 11 is 1.55. The van der Waals surface area contributed by atoms with Crippen molar-refractivity contribution in [2.24, 2.45) is 0 Å². The van der Waals surface area contributed by atoms with Crippen LogP contribution in [0.25, 0.3) is 0 Å². The number of benzene rings is 3. The van der Waals surface area contributed by atoms with Gasteiger partial charge in [0.05, 0.1) is 37.6 Å². The van der Waals surface area contributed by atoms with E-state index in [4.69, 9.17) is 33.2 Å². The summed E-state index contributed by atoms with van der Waals surface area (Å²) in [5, 5.41) is 28.1. The first-order valence-corrected chi connectivity index (χ1v) is 20.4. The van der Waals surface area contributed by atoms with E-state index in [9.17, 15) is 15.0 Å². The lowest BCUT2D eigenvalue weighted by atomic mass is 9.73. The Morgan fingerprint density at radius 2 is 1.75 bits per heavy atom. The van der Waals surface area contributed by atoms with Crippen molar-refractivity contribution >= 4 is 17.7 Å². The van der Waals surface area contributed by atoms with Gasteiger partial charge in [-0.25, -0.2) is 4.79 Å². The van der Waals surface area contributed by atoms with Gasteiger partial charge in [0, 0.05) is 40.6 Å². The Morgan fingerprint density at radius 3 is 2.51 bits per heavy atom. The normalized spacial score (nSPS) is 28.4. The number of likely N-dealkylation sites (N-methyl/N-ethyl adjacent to an activating group) is 1. The summed E-state index contributed by atoms with van der Waals surface area (Å²) in [5.41, 5.74) is 5.29. The number of hydrogen-bond donors (Lipinski definition) is 3. The van der Waals surface area contributed by atoms with Crippen LogP contribution in [0.5, 0.6) is 40.2 Å². The number of nitrogens with one attached hydrogen (secondary N) is 1. The molecule has 7 aliphatic rings. The molecule has 3 N–H and O–H groups in total. The summed E-state index contributed by atoms with van der Waals surface area (Å²) in [6, 6.07) is 4.12. The van der Waals surface area contributed by atoms with Crippen molar-refractivity contribution in [3.63, 3.8) is 0 Å². The number of aliphatic hydroxyl groups excluding tert-OH is 1. The molecule has 4 bridgehead atoms. The summed E-state index contributed by atoms with van der Waals surface area (Å²) in [7, 11) is 5.27. The van der Waals surface area contributed by atoms with Crippen molar-refractivity contribution in [3.8, 4) is 40.2 Å². The van der Waals surface area contributed by atoms with Gasteiger partial charge in [-0.05, 0) is 68.1 Å². The highest BCUT2D eigenvalue weighted by atomic mass is 32.2. The summed E-state index contributed by atoms with van der Waals surface area (Å²) in [4.78, 5) is 19.2. The molecule has 0 amide bonds. The highest BCUT2D eigenvalue weighted by Crippen LogP contribution is 2.64. The minimum absolute atomic E-state index is 0.0168. The third-order valence-electron chi connectivity index (χ3n) is 12.7. The highest BCUT2D eigenvalue weighted by molar-refractivity contribution is 7.99. The van der Waals surface area contributed by atoms with Gasteiger partial charge in [0.25, 0.3) is 0 Å². The van der Waals surface area contributed by atoms with Crippen LogP contribution in [0.4, 0.5) is 0 Å². The lowest BCUT2D eigenvalue weighted by Crippen LogP contribution is -2.70. The first kappa shape index (κ1) is 37.9. The van der Waals surface area contributed by atoms with Crippen molar-refractivity contribution in [3.05, 3.63) is 88.0 Å². The second kappa shape index (κ2) is 14.3. The van der Waals surface area contributed by atoms with Crippen LogP contribution >= 0.6 is 11.8 Å². The Labute approximate surface area is 336 Å². The Kier molecular flexibility index (Phi) is 9.55. The molecule has 13 nitrogen and oxygen atoms in total. The minimum atomic E-state index is -1.28. The monoisotopic (exact) mass is 799 g/mol. The van der Waals surface area contributed by atoms with Gasteiger partial charge < -0.3 is 43.4 Å². The molecule has 0 saturated carbocycles. The maximum atomic E-state index is 14.9. The van der Waals surface area contributed by atoms with Gasteiger partial charge in [-0.15, -0.1) is 11.8 Å².